The number of pyridine rings is 1. The van der Waals surface area contributed by atoms with Crippen molar-refractivity contribution in [3.05, 3.63) is 192 Å². The van der Waals surface area contributed by atoms with Crippen molar-refractivity contribution < 1.29 is 48.1 Å². The molecule has 0 amide bonds. The summed E-state index contributed by atoms with van der Waals surface area (Å²) in [7, 11) is 0. The molecule has 9 rings (SSSR count). The van der Waals surface area contributed by atoms with E-state index in [1.807, 2.05) is 98.8 Å². The van der Waals surface area contributed by atoms with Gasteiger partial charge in [0.15, 0.2) is 0 Å². The summed E-state index contributed by atoms with van der Waals surface area (Å²) < 4.78 is 141. The third-order valence-corrected chi connectivity index (χ3v) is 11.9. The molecule has 7 aromatic carbocycles. The van der Waals surface area contributed by atoms with Crippen LogP contribution in [0.1, 0.15) is 125 Å². The molecule has 340 valence electrons. The van der Waals surface area contributed by atoms with E-state index in [0.29, 0.717) is 44.7 Å². The molecule has 0 aliphatic heterocycles. The third kappa shape index (κ3) is 9.61. The number of hydrogen-bond acceptors (Lipinski definition) is 3. The number of fused-ring (bicyclic) bond motifs is 1. The minimum atomic E-state index is -3.93. The van der Waals surface area contributed by atoms with Gasteiger partial charge in [0.05, 0.1) is 26.2 Å². The van der Waals surface area contributed by atoms with E-state index in [1.165, 1.54) is 0 Å². The molecular formula is C62H60N3OPt-. The molecule has 0 aliphatic carbocycles. The molecule has 0 unspecified atom stereocenters. The first-order valence-electron chi connectivity index (χ1n) is 30.0. The van der Waals surface area contributed by atoms with E-state index < -0.39 is 85.1 Å². The van der Waals surface area contributed by atoms with Crippen LogP contribution in [-0.4, -0.2) is 19.6 Å². The smallest absolute Gasteiger partial charge is 0.148 e. The maximum atomic E-state index is 12.4. The molecule has 5 heteroatoms. The second kappa shape index (κ2) is 18.7. The second-order valence-electron chi connectivity index (χ2n) is 18.4. The SMILES string of the molecule is [2H]c1nc(-c2[c-]c(-c3cccc4c3nc(-c3cc(C(C)C)cc(C(C)C)c3O)n4-c3cc(-c4ccccc4)cc(C(C)(C)C)c3)cc(-c3ccccc3)c2)c([2H])c(-c2c([2H])c([2H])c(C(C([2H])([2H])[2H])(C([2H])([2H])[2H])C([2H])([2H])[2H])c([2H])c2[2H])c1[2H].[Pt]. The number of benzene rings is 7. The van der Waals surface area contributed by atoms with E-state index in [2.05, 4.69) is 80.6 Å². The monoisotopic (exact) mass is 1070 g/mol. The summed E-state index contributed by atoms with van der Waals surface area (Å²) in [4.78, 5) is 9.90. The maximum absolute atomic E-state index is 12.4. The van der Waals surface area contributed by atoms with Crippen molar-refractivity contribution >= 4 is 11.0 Å². The molecule has 0 atom stereocenters. The van der Waals surface area contributed by atoms with E-state index in [4.69, 9.17) is 22.8 Å². The number of para-hydroxylation sites is 1. The Hall–Kier alpha value is -6.35. The van der Waals surface area contributed by atoms with Crippen LogP contribution < -0.4 is 0 Å². The molecule has 4 nitrogen and oxygen atoms in total. The Balaban J connectivity index is 0.00000900. The van der Waals surface area contributed by atoms with Crippen molar-refractivity contribution in [1.29, 1.82) is 0 Å². The minimum absolute atomic E-state index is 0. The molecule has 2 aromatic heterocycles. The van der Waals surface area contributed by atoms with Gasteiger partial charge in [0, 0.05) is 51.0 Å². The quantitative estimate of drug-likeness (QED) is 0.147. The van der Waals surface area contributed by atoms with Crippen LogP contribution in [0.2, 0.25) is 0 Å². The summed E-state index contributed by atoms with van der Waals surface area (Å²) in [6, 6.07) is 36.1. The summed E-state index contributed by atoms with van der Waals surface area (Å²) in [5, 5.41) is 12.4. The summed E-state index contributed by atoms with van der Waals surface area (Å²) in [5.74, 6) is 0.579. The van der Waals surface area contributed by atoms with Crippen LogP contribution in [0.5, 0.6) is 5.75 Å². The second-order valence-corrected chi connectivity index (χ2v) is 18.4. The molecule has 67 heavy (non-hydrogen) atoms. The molecule has 0 saturated carbocycles. The summed E-state index contributed by atoms with van der Waals surface area (Å²) in [5.41, 5.74) is 2.31. The number of imidazole rings is 1. The minimum Gasteiger partial charge on any atom is -0.507 e. The van der Waals surface area contributed by atoms with Crippen LogP contribution in [0, 0.1) is 6.07 Å². The first-order chi connectivity index (χ1) is 38.2. The number of aromatic nitrogens is 3. The molecule has 0 saturated heterocycles. The Labute approximate surface area is 434 Å². The molecule has 9 aromatic rings. The number of phenols is 1. The molecule has 0 aliphatic rings. The first kappa shape index (κ1) is 30.8. The Morgan fingerprint density at radius 3 is 1.90 bits per heavy atom. The summed E-state index contributed by atoms with van der Waals surface area (Å²) in [6.07, 6.45) is -0.758. The number of nitrogens with zero attached hydrogens (tertiary/aromatic N) is 3. The van der Waals surface area contributed by atoms with Crippen LogP contribution in [0.25, 0.3) is 83.9 Å². The van der Waals surface area contributed by atoms with E-state index in [-0.39, 0.29) is 55.3 Å². The molecule has 0 bridgehead atoms. The van der Waals surface area contributed by atoms with E-state index in [1.54, 1.807) is 6.07 Å². The van der Waals surface area contributed by atoms with Gasteiger partial charge in [-0.05, 0) is 103 Å². The van der Waals surface area contributed by atoms with Crippen molar-refractivity contribution in [3.63, 3.8) is 0 Å². The van der Waals surface area contributed by atoms with Crippen molar-refractivity contribution in [2.75, 3.05) is 0 Å². The fraction of sp³-hybridized carbons (Fsp3) is 0.226. The Kier molecular flexibility index (Phi) is 8.62. The van der Waals surface area contributed by atoms with Gasteiger partial charge < -0.3 is 5.11 Å². The van der Waals surface area contributed by atoms with Gasteiger partial charge in [-0.3, -0.25) is 9.55 Å². The largest absolute Gasteiger partial charge is 0.507 e. The van der Waals surface area contributed by atoms with Crippen LogP contribution in [0.4, 0.5) is 0 Å². The number of aromatic hydroxyl groups is 1. The van der Waals surface area contributed by atoms with Crippen LogP contribution in [0.3, 0.4) is 0 Å². The molecule has 2 heterocycles. The fourth-order valence-corrected chi connectivity index (χ4v) is 8.19. The van der Waals surface area contributed by atoms with E-state index in [0.717, 1.165) is 33.5 Å². The zero-order valence-corrected chi connectivity index (χ0v) is 40.6. The number of rotatable bonds is 9. The molecule has 0 radical (unpaired) electrons. The van der Waals surface area contributed by atoms with Gasteiger partial charge in [-0.1, -0.05) is 201 Å². The van der Waals surface area contributed by atoms with Crippen molar-refractivity contribution in [2.45, 2.75) is 91.7 Å². The standard InChI is InChI=1S/C62H60N3O.Pt/c1-39(2)45-35-54(40(3)4)59(66)55(36-45)60-64-58-53(22-17-23-57(58)65(60)52-34-47(42-20-15-12-16-21-42)33-51(38-52)62(8,9)10)48-30-46(41-18-13-11-14-19-41)31-49(32-48)56-37-44(28-29-63-56)43-24-26-50(27-25-43)61(5,6)7;/h11-31,33-40,66H,1-10H3;/q-1;/i5D3,6D3,7D3,24D,25D,26D,27D,28D,29D,37D;. The zero-order chi connectivity index (χ0) is 60.1. The predicted octanol–water partition coefficient (Wildman–Crippen LogP) is 16.8. The van der Waals surface area contributed by atoms with Crippen LogP contribution >= 0.6 is 0 Å². The maximum Gasteiger partial charge on any atom is 0.148 e. The zero-order valence-electron chi connectivity index (χ0n) is 54.3. The van der Waals surface area contributed by atoms with Gasteiger partial charge in [-0.15, -0.1) is 23.8 Å². The number of hydrogen-bond donors (Lipinski definition) is 1. The van der Waals surface area contributed by atoms with Crippen molar-refractivity contribution in [3.8, 4) is 78.6 Å². The van der Waals surface area contributed by atoms with Crippen molar-refractivity contribution in [2.24, 2.45) is 0 Å². The fourth-order valence-electron chi connectivity index (χ4n) is 8.19. The Morgan fingerprint density at radius 2 is 1.27 bits per heavy atom. The summed E-state index contributed by atoms with van der Waals surface area (Å²) in [6.45, 7) is 2.90. The van der Waals surface area contributed by atoms with Gasteiger partial charge in [0.1, 0.15) is 11.6 Å². The normalized spacial score (nSPS) is 16.0. The first-order valence-corrected chi connectivity index (χ1v) is 22.0. The average molecular weight is 1070 g/mol. The average Bonchev–Trinajstić information content (AvgIpc) is 1.74. The van der Waals surface area contributed by atoms with Gasteiger partial charge in [-0.25, -0.2) is 4.98 Å². The molecular weight excluding hydrogens is 998 g/mol. The molecule has 0 spiro atoms. The van der Waals surface area contributed by atoms with E-state index >= 15 is 0 Å². The molecule has 1 N–H and O–H groups in total. The van der Waals surface area contributed by atoms with Gasteiger partial charge in [0.25, 0.3) is 0 Å². The van der Waals surface area contributed by atoms with E-state index in [9.17, 15) is 9.22 Å². The Bertz CT molecular complexity index is 3910. The van der Waals surface area contributed by atoms with Gasteiger partial charge in [0.2, 0.25) is 0 Å². The summed E-state index contributed by atoms with van der Waals surface area (Å²) >= 11 is 0. The molecule has 0 fully saturated rings. The predicted molar refractivity (Wildman–Crippen MR) is 278 cm³/mol. The third-order valence-electron chi connectivity index (χ3n) is 11.9. The topological polar surface area (TPSA) is 50.9 Å². The Morgan fingerprint density at radius 1 is 0.612 bits per heavy atom. The van der Waals surface area contributed by atoms with Gasteiger partial charge in [-0.2, -0.15) is 0 Å². The van der Waals surface area contributed by atoms with Crippen LogP contribution in [-0.2, 0) is 31.9 Å². The number of phenolic OH excluding ortho intramolecular Hbond substituents is 1. The van der Waals surface area contributed by atoms with Crippen molar-refractivity contribution in [1.82, 2.24) is 14.5 Å². The van der Waals surface area contributed by atoms with Crippen LogP contribution in [0.15, 0.2) is 164 Å². The van der Waals surface area contributed by atoms with Gasteiger partial charge >= 0.3 is 0 Å².